The Labute approximate surface area is 176 Å². The van der Waals surface area contributed by atoms with Crippen molar-refractivity contribution >= 4 is 12.0 Å². The molecule has 2 aliphatic rings. The maximum Gasteiger partial charge on any atom is 0.243 e. The molecule has 4 N–H and O–H groups in total. The van der Waals surface area contributed by atoms with Gasteiger partial charge in [0.05, 0.1) is 6.07 Å². The van der Waals surface area contributed by atoms with Crippen LogP contribution < -0.4 is 10.6 Å². The van der Waals surface area contributed by atoms with E-state index in [1.54, 1.807) is 12.1 Å². The van der Waals surface area contributed by atoms with Gasteiger partial charge in [0.15, 0.2) is 6.23 Å². The number of benzene rings is 1. The molecule has 0 aromatic heterocycles. The molecule has 0 bridgehead atoms. The van der Waals surface area contributed by atoms with E-state index < -0.39 is 30.4 Å². The molecule has 0 spiro atoms. The Hall–Kier alpha value is -2.47. The lowest BCUT2D eigenvalue weighted by atomic mass is 9.95. The lowest BCUT2D eigenvalue weighted by molar-refractivity contribution is -0.130. The van der Waals surface area contributed by atoms with Gasteiger partial charge in [-0.1, -0.05) is 26.0 Å². The molecule has 1 fully saturated rings. The van der Waals surface area contributed by atoms with Crippen LogP contribution in [0.15, 0.2) is 24.4 Å². The molecule has 0 saturated carbocycles. The minimum absolute atomic E-state index is 0.103. The lowest BCUT2D eigenvalue weighted by Crippen LogP contribution is -2.50. The fourth-order valence-electron chi connectivity index (χ4n) is 4.14. The molecule has 1 saturated heterocycles. The van der Waals surface area contributed by atoms with Crippen LogP contribution in [0.3, 0.4) is 0 Å². The standard InChI is InChI=1S/C22H29FN4O3/c1-13(2)10-19(21(29)26-15(12-24)11-14-6-8-25-20(14)28)27-9-7-16-17(22(27)30)4-3-5-18(16)23/h3-5,7,9,13-15,19-20,22,25,28,30H,6,8,10-11H2,1-2H3,(H,26,29)/t14-,15-,19-,20-,22-/m0/s1. The summed E-state index contributed by atoms with van der Waals surface area (Å²) >= 11 is 0. The number of fused-ring (bicyclic) bond motifs is 1. The van der Waals surface area contributed by atoms with E-state index in [9.17, 15) is 24.7 Å². The van der Waals surface area contributed by atoms with Crippen LogP contribution in [-0.4, -0.2) is 45.9 Å². The predicted molar refractivity (Wildman–Crippen MR) is 110 cm³/mol. The van der Waals surface area contributed by atoms with Crippen molar-refractivity contribution in [3.8, 4) is 6.07 Å². The third kappa shape index (κ3) is 4.81. The van der Waals surface area contributed by atoms with Gasteiger partial charge in [0, 0.05) is 23.2 Å². The minimum atomic E-state index is -1.17. The number of aliphatic hydroxyl groups excluding tert-OH is 2. The van der Waals surface area contributed by atoms with Gasteiger partial charge in [-0.15, -0.1) is 0 Å². The Morgan fingerprint density at radius 2 is 2.20 bits per heavy atom. The van der Waals surface area contributed by atoms with Gasteiger partial charge in [0.1, 0.15) is 24.1 Å². The second-order valence-electron chi connectivity index (χ2n) is 8.40. The van der Waals surface area contributed by atoms with Crippen LogP contribution in [0.5, 0.6) is 0 Å². The zero-order valence-corrected chi connectivity index (χ0v) is 17.3. The van der Waals surface area contributed by atoms with E-state index in [2.05, 4.69) is 16.7 Å². The number of aliphatic hydroxyl groups is 2. The van der Waals surface area contributed by atoms with Crippen molar-refractivity contribution < 1.29 is 19.4 Å². The van der Waals surface area contributed by atoms with E-state index in [-0.39, 0.29) is 17.7 Å². The third-order valence-corrected chi connectivity index (χ3v) is 5.74. The number of hydrogen-bond donors (Lipinski definition) is 4. The molecule has 162 valence electrons. The second-order valence-corrected chi connectivity index (χ2v) is 8.40. The second kappa shape index (κ2) is 9.56. The molecule has 7 nitrogen and oxygen atoms in total. The molecule has 2 aliphatic heterocycles. The molecule has 3 rings (SSSR count). The summed E-state index contributed by atoms with van der Waals surface area (Å²) in [5.74, 6) is -0.759. The number of nitrogens with zero attached hydrogens (tertiary/aromatic N) is 2. The van der Waals surface area contributed by atoms with Crippen LogP contribution in [0.1, 0.15) is 50.5 Å². The number of halogens is 1. The van der Waals surface area contributed by atoms with Gasteiger partial charge in [-0.25, -0.2) is 4.39 Å². The fourth-order valence-corrected chi connectivity index (χ4v) is 4.14. The Kier molecular flexibility index (Phi) is 7.08. The van der Waals surface area contributed by atoms with Gasteiger partial charge in [0.2, 0.25) is 5.91 Å². The number of nitrogens with one attached hydrogen (secondary N) is 2. The van der Waals surface area contributed by atoms with E-state index in [0.717, 1.165) is 6.42 Å². The van der Waals surface area contributed by atoms with Crippen LogP contribution in [0.2, 0.25) is 0 Å². The predicted octanol–water partition coefficient (Wildman–Crippen LogP) is 1.84. The number of nitriles is 1. The molecule has 30 heavy (non-hydrogen) atoms. The zero-order chi connectivity index (χ0) is 21.8. The molecule has 5 atom stereocenters. The number of carbonyl (C=O) groups excluding carboxylic acids is 1. The van der Waals surface area contributed by atoms with Crippen molar-refractivity contribution in [3.05, 3.63) is 41.3 Å². The molecule has 1 amide bonds. The van der Waals surface area contributed by atoms with Crippen molar-refractivity contribution in [2.75, 3.05) is 6.54 Å². The van der Waals surface area contributed by atoms with Gasteiger partial charge >= 0.3 is 0 Å². The van der Waals surface area contributed by atoms with Gasteiger partial charge < -0.3 is 20.4 Å². The summed E-state index contributed by atoms with van der Waals surface area (Å²) in [5.41, 5.74) is 0.707. The van der Waals surface area contributed by atoms with Crippen molar-refractivity contribution in [2.24, 2.45) is 11.8 Å². The first kappa shape index (κ1) is 22.2. The first-order valence-corrected chi connectivity index (χ1v) is 10.3. The summed E-state index contributed by atoms with van der Waals surface area (Å²) in [7, 11) is 0. The normalized spacial score (nSPS) is 25.0. The SMILES string of the molecule is CC(C)C[C@@H](C(=O)N[C@H](C#N)C[C@@H]1CCN[C@H]1O)N1C=Cc2c(F)cccc2[C@@H]1O. The first-order chi connectivity index (χ1) is 14.3. The molecule has 0 unspecified atom stereocenters. The summed E-state index contributed by atoms with van der Waals surface area (Å²) < 4.78 is 14.1. The van der Waals surface area contributed by atoms with Crippen LogP contribution in [-0.2, 0) is 4.79 Å². The average Bonchev–Trinajstić information content (AvgIpc) is 3.11. The first-order valence-electron chi connectivity index (χ1n) is 10.3. The topological polar surface area (TPSA) is 109 Å². The van der Waals surface area contributed by atoms with Crippen LogP contribution in [0, 0.1) is 29.0 Å². The highest BCUT2D eigenvalue weighted by Crippen LogP contribution is 2.33. The van der Waals surface area contributed by atoms with Crippen LogP contribution in [0.4, 0.5) is 4.39 Å². The van der Waals surface area contributed by atoms with Crippen molar-refractivity contribution in [1.29, 1.82) is 5.26 Å². The molecule has 2 heterocycles. The molecule has 0 aliphatic carbocycles. The number of rotatable bonds is 7. The highest BCUT2D eigenvalue weighted by atomic mass is 19.1. The summed E-state index contributed by atoms with van der Waals surface area (Å²) in [4.78, 5) is 14.6. The van der Waals surface area contributed by atoms with Crippen LogP contribution >= 0.6 is 0 Å². The molecule has 8 heteroatoms. The summed E-state index contributed by atoms with van der Waals surface area (Å²) in [6.07, 6.45) is 2.77. The van der Waals surface area contributed by atoms with Crippen molar-refractivity contribution in [1.82, 2.24) is 15.5 Å². The third-order valence-electron chi connectivity index (χ3n) is 5.74. The summed E-state index contributed by atoms with van der Waals surface area (Å²) in [5, 5.41) is 36.0. The van der Waals surface area contributed by atoms with E-state index in [4.69, 9.17) is 0 Å². The van der Waals surface area contributed by atoms with E-state index >= 15 is 0 Å². The Morgan fingerprint density at radius 1 is 1.43 bits per heavy atom. The zero-order valence-electron chi connectivity index (χ0n) is 17.3. The summed E-state index contributed by atoms with van der Waals surface area (Å²) in [6.45, 7) is 4.61. The average molecular weight is 416 g/mol. The van der Waals surface area contributed by atoms with Gasteiger partial charge in [0.25, 0.3) is 0 Å². The quantitative estimate of drug-likeness (QED) is 0.540. The van der Waals surface area contributed by atoms with E-state index in [1.807, 2.05) is 13.8 Å². The van der Waals surface area contributed by atoms with E-state index in [0.29, 0.717) is 30.5 Å². The number of carbonyl (C=O) groups is 1. The van der Waals surface area contributed by atoms with Gasteiger partial charge in [-0.2, -0.15) is 5.26 Å². The highest BCUT2D eigenvalue weighted by Gasteiger charge is 2.35. The molecular weight excluding hydrogens is 387 g/mol. The molecular formula is C22H29FN4O3. The Balaban J connectivity index is 1.77. The Bertz CT molecular complexity index is 838. The largest absolute Gasteiger partial charge is 0.378 e. The maximum absolute atomic E-state index is 14.1. The molecule has 0 radical (unpaired) electrons. The Morgan fingerprint density at radius 3 is 2.83 bits per heavy atom. The van der Waals surface area contributed by atoms with Gasteiger partial charge in [-0.3, -0.25) is 10.1 Å². The monoisotopic (exact) mass is 416 g/mol. The molecule has 1 aromatic carbocycles. The van der Waals surface area contributed by atoms with Crippen LogP contribution in [0.25, 0.3) is 6.08 Å². The molecule has 1 aromatic rings. The van der Waals surface area contributed by atoms with Gasteiger partial charge in [-0.05, 0) is 43.9 Å². The van der Waals surface area contributed by atoms with E-state index in [1.165, 1.54) is 23.2 Å². The van der Waals surface area contributed by atoms with Crippen molar-refractivity contribution in [2.45, 2.75) is 57.6 Å². The highest BCUT2D eigenvalue weighted by molar-refractivity contribution is 5.83. The lowest BCUT2D eigenvalue weighted by Gasteiger charge is -2.38. The maximum atomic E-state index is 14.1. The van der Waals surface area contributed by atoms with Crippen molar-refractivity contribution in [3.63, 3.8) is 0 Å². The smallest absolute Gasteiger partial charge is 0.243 e. The summed E-state index contributed by atoms with van der Waals surface area (Å²) in [6, 6.07) is 5.12. The number of hydrogen-bond acceptors (Lipinski definition) is 6. The minimum Gasteiger partial charge on any atom is -0.378 e. The number of amides is 1. The fraction of sp³-hybridized carbons (Fsp3) is 0.545.